The molecule has 4 aromatic rings. The van der Waals surface area contributed by atoms with E-state index in [1.165, 1.54) is 0 Å². The summed E-state index contributed by atoms with van der Waals surface area (Å²) in [6, 6.07) is 8.44. The van der Waals surface area contributed by atoms with Crippen LogP contribution in [-0.4, -0.2) is 92.7 Å². The quantitative estimate of drug-likeness (QED) is 0.427. The zero-order chi connectivity index (χ0) is 25.4. The van der Waals surface area contributed by atoms with Crippen LogP contribution in [0, 0.1) is 11.3 Å². The van der Waals surface area contributed by atoms with Crippen molar-refractivity contribution in [3.8, 4) is 28.3 Å². The van der Waals surface area contributed by atoms with Crippen LogP contribution in [0.15, 0.2) is 49.2 Å². The summed E-state index contributed by atoms with van der Waals surface area (Å²) in [4.78, 5) is 23.5. The van der Waals surface area contributed by atoms with Gasteiger partial charge < -0.3 is 19.4 Å². The number of hydrogen-bond acceptors (Lipinski definition) is 7. The molecule has 0 aliphatic carbocycles. The first-order valence-electron chi connectivity index (χ1n) is 12.3. The highest BCUT2D eigenvalue weighted by molar-refractivity contribution is 5.87. The van der Waals surface area contributed by atoms with Gasteiger partial charge in [-0.15, -0.1) is 0 Å². The van der Waals surface area contributed by atoms with Gasteiger partial charge in [0.15, 0.2) is 0 Å². The number of piperazine rings is 1. The first-order valence-corrected chi connectivity index (χ1v) is 12.3. The Morgan fingerprint density at radius 3 is 2.38 bits per heavy atom. The Bertz CT molecular complexity index is 1470. The van der Waals surface area contributed by atoms with E-state index in [9.17, 15) is 10.1 Å². The van der Waals surface area contributed by atoms with Gasteiger partial charge in [0.25, 0.3) is 0 Å². The number of carbonyl (C=O) groups is 1. The lowest BCUT2D eigenvalue weighted by molar-refractivity contribution is 0.0428. The molecule has 2 fully saturated rings. The molecule has 2 aliphatic rings. The number of urea groups is 1. The molecule has 0 spiro atoms. The Morgan fingerprint density at radius 2 is 1.70 bits per heavy atom. The molecule has 11 nitrogen and oxygen atoms in total. The summed E-state index contributed by atoms with van der Waals surface area (Å²) in [5.41, 5.74) is 4.97. The molecule has 6 rings (SSSR count). The summed E-state index contributed by atoms with van der Waals surface area (Å²) < 4.78 is 8.86. The lowest BCUT2D eigenvalue weighted by Crippen LogP contribution is -2.55. The number of carbonyl (C=O) groups excluding carboxylic acids is 1. The fraction of sp³-hybridized carbons (Fsp3) is 0.346. The molecule has 0 atom stereocenters. The predicted molar refractivity (Wildman–Crippen MR) is 137 cm³/mol. The molecular weight excluding hydrogens is 470 g/mol. The maximum atomic E-state index is 12.8. The molecule has 2 saturated heterocycles. The molecule has 0 bridgehead atoms. The summed E-state index contributed by atoms with van der Waals surface area (Å²) in [6.07, 6.45) is 9.10. The minimum atomic E-state index is 0.0953. The summed E-state index contributed by atoms with van der Waals surface area (Å²) in [5.74, 6) is 0.871. The largest absolute Gasteiger partial charge is 0.378 e. The Labute approximate surface area is 214 Å². The maximum Gasteiger partial charge on any atom is 0.320 e. The highest BCUT2D eigenvalue weighted by Crippen LogP contribution is 2.32. The van der Waals surface area contributed by atoms with E-state index >= 15 is 0 Å². The zero-order valence-corrected chi connectivity index (χ0v) is 20.6. The summed E-state index contributed by atoms with van der Waals surface area (Å²) in [6.45, 7) is 5.30. The van der Waals surface area contributed by atoms with Crippen LogP contribution in [0.3, 0.4) is 0 Å². The molecule has 2 aliphatic heterocycles. The standard InChI is InChI=1S/C26H27N9O2/c1-31-17-22(16-29-31)20-12-23(25-21(13-27)15-30-35(25)18-20)19-2-3-24(28-14-19)32-4-6-33(7-5-32)26(36)34-8-10-37-11-9-34/h2-3,12,14-18H,4-11H2,1H3. The van der Waals surface area contributed by atoms with E-state index in [2.05, 4.69) is 27.2 Å². The van der Waals surface area contributed by atoms with Crippen molar-refractivity contribution in [1.29, 1.82) is 5.26 Å². The van der Waals surface area contributed by atoms with E-state index in [0.29, 0.717) is 45.0 Å². The van der Waals surface area contributed by atoms with Crippen LogP contribution in [0.5, 0.6) is 0 Å². The van der Waals surface area contributed by atoms with E-state index in [1.807, 2.05) is 53.8 Å². The summed E-state index contributed by atoms with van der Waals surface area (Å²) in [7, 11) is 1.88. The second-order valence-electron chi connectivity index (χ2n) is 9.27. The molecular formula is C26H27N9O2. The number of ether oxygens (including phenoxy) is 1. The molecule has 0 unspecified atom stereocenters. The van der Waals surface area contributed by atoms with Gasteiger partial charge >= 0.3 is 6.03 Å². The smallest absolute Gasteiger partial charge is 0.320 e. The van der Waals surface area contributed by atoms with Crippen LogP contribution in [-0.2, 0) is 11.8 Å². The van der Waals surface area contributed by atoms with Gasteiger partial charge in [-0.1, -0.05) is 0 Å². The zero-order valence-electron chi connectivity index (χ0n) is 20.6. The first kappa shape index (κ1) is 23.0. The van der Waals surface area contributed by atoms with Gasteiger partial charge in [0.1, 0.15) is 11.9 Å². The third kappa shape index (κ3) is 4.36. The minimum Gasteiger partial charge on any atom is -0.378 e. The normalized spacial score (nSPS) is 16.3. The maximum absolute atomic E-state index is 12.8. The van der Waals surface area contributed by atoms with Crippen LogP contribution in [0.25, 0.3) is 27.8 Å². The monoisotopic (exact) mass is 497 g/mol. The average molecular weight is 498 g/mol. The SMILES string of the molecule is Cn1cc(-c2cc(-c3ccc(N4CCN(C(=O)N5CCOCC5)CC4)nc3)c3c(C#N)cnn3c2)cn1. The third-order valence-electron chi connectivity index (χ3n) is 6.99. The van der Waals surface area contributed by atoms with E-state index in [0.717, 1.165) is 46.7 Å². The Hall–Kier alpha value is -4.43. The predicted octanol–water partition coefficient (Wildman–Crippen LogP) is 2.24. The summed E-state index contributed by atoms with van der Waals surface area (Å²) in [5, 5.41) is 18.4. The average Bonchev–Trinajstić information content (AvgIpc) is 3.59. The van der Waals surface area contributed by atoms with Crippen molar-refractivity contribution in [1.82, 2.24) is 34.2 Å². The number of hydrogen-bond donors (Lipinski definition) is 0. The van der Waals surface area contributed by atoms with Crippen molar-refractivity contribution < 1.29 is 9.53 Å². The minimum absolute atomic E-state index is 0.0953. The Balaban J connectivity index is 1.23. The molecule has 0 radical (unpaired) electrons. The number of anilines is 1. The van der Waals surface area contributed by atoms with E-state index in [4.69, 9.17) is 9.72 Å². The molecule has 37 heavy (non-hydrogen) atoms. The third-order valence-corrected chi connectivity index (χ3v) is 6.99. The van der Waals surface area contributed by atoms with Crippen molar-refractivity contribution in [3.63, 3.8) is 0 Å². The Morgan fingerprint density at radius 1 is 0.919 bits per heavy atom. The fourth-order valence-corrected chi connectivity index (χ4v) is 4.97. The van der Waals surface area contributed by atoms with Crippen molar-refractivity contribution in [2.45, 2.75) is 0 Å². The van der Waals surface area contributed by atoms with E-state index in [-0.39, 0.29) is 6.03 Å². The van der Waals surface area contributed by atoms with E-state index < -0.39 is 0 Å². The number of nitriles is 1. The molecule has 0 aromatic carbocycles. The van der Waals surface area contributed by atoms with E-state index in [1.54, 1.807) is 15.4 Å². The lowest BCUT2D eigenvalue weighted by Gasteiger charge is -2.38. The number of rotatable bonds is 3. The van der Waals surface area contributed by atoms with Crippen molar-refractivity contribution in [2.75, 3.05) is 57.4 Å². The molecule has 0 saturated carbocycles. The number of morpholine rings is 1. The van der Waals surface area contributed by atoms with Gasteiger partial charge in [0.05, 0.1) is 36.7 Å². The molecule has 4 aromatic heterocycles. The van der Waals surface area contributed by atoms with Crippen molar-refractivity contribution >= 4 is 17.4 Å². The number of aryl methyl sites for hydroxylation is 1. The van der Waals surface area contributed by atoms with Gasteiger partial charge in [-0.3, -0.25) is 4.68 Å². The Kier molecular flexibility index (Phi) is 5.94. The lowest BCUT2D eigenvalue weighted by atomic mass is 10.0. The van der Waals surface area contributed by atoms with Crippen LogP contribution in [0.1, 0.15) is 5.56 Å². The van der Waals surface area contributed by atoms with Crippen LogP contribution in [0.4, 0.5) is 10.6 Å². The second kappa shape index (κ2) is 9.55. The first-order chi connectivity index (χ1) is 18.1. The highest BCUT2D eigenvalue weighted by atomic mass is 16.5. The second-order valence-corrected chi connectivity index (χ2v) is 9.27. The van der Waals surface area contributed by atoms with Crippen LogP contribution >= 0.6 is 0 Å². The van der Waals surface area contributed by atoms with Crippen LogP contribution in [0.2, 0.25) is 0 Å². The van der Waals surface area contributed by atoms with Crippen molar-refractivity contribution in [2.24, 2.45) is 7.05 Å². The number of amides is 2. The number of aromatic nitrogens is 5. The van der Waals surface area contributed by atoms with Crippen molar-refractivity contribution in [3.05, 3.63) is 54.7 Å². The molecule has 6 heterocycles. The fourth-order valence-electron chi connectivity index (χ4n) is 4.97. The number of nitrogens with zero attached hydrogens (tertiary/aromatic N) is 9. The molecule has 11 heteroatoms. The molecule has 188 valence electrons. The number of pyridine rings is 2. The van der Waals surface area contributed by atoms with Gasteiger partial charge in [0, 0.05) is 87.2 Å². The summed E-state index contributed by atoms with van der Waals surface area (Å²) >= 11 is 0. The highest BCUT2D eigenvalue weighted by Gasteiger charge is 2.27. The van der Waals surface area contributed by atoms with Crippen LogP contribution < -0.4 is 4.90 Å². The molecule has 0 N–H and O–H groups in total. The van der Waals surface area contributed by atoms with Gasteiger partial charge in [0.2, 0.25) is 0 Å². The van der Waals surface area contributed by atoms with Gasteiger partial charge in [-0.05, 0) is 18.2 Å². The van der Waals surface area contributed by atoms with Gasteiger partial charge in [-0.25, -0.2) is 14.3 Å². The topological polar surface area (TPSA) is 108 Å². The molecule has 2 amide bonds. The van der Waals surface area contributed by atoms with Gasteiger partial charge in [-0.2, -0.15) is 15.5 Å². The number of fused-ring (bicyclic) bond motifs is 1.